The summed E-state index contributed by atoms with van der Waals surface area (Å²) in [5, 5.41) is 0. The fourth-order valence-corrected chi connectivity index (χ4v) is 2.31. The largest absolute Gasteiger partial charge is 0.389 e. The van der Waals surface area contributed by atoms with Gasteiger partial charge in [0.2, 0.25) is 0 Å². The molecule has 0 bridgehead atoms. The first kappa shape index (κ1) is 12.3. The van der Waals surface area contributed by atoms with Gasteiger partial charge in [-0.1, -0.05) is 19.1 Å². The standard InChI is InChI=1S/C13H19N3S/c1-9-3-5-16(6-4-9)12-8-11(13(14)17)7-10(2)15-12/h7-9H,3-6H2,1-2H3,(H2,14,17). The SMILES string of the molecule is Cc1cc(C(N)=S)cc(N2CCC(C)CC2)n1. The van der Waals surface area contributed by atoms with Crippen LogP contribution >= 0.6 is 12.2 Å². The van der Waals surface area contributed by atoms with Crippen molar-refractivity contribution in [3.05, 3.63) is 23.4 Å². The van der Waals surface area contributed by atoms with Crippen molar-refractivity contribution in [3.8, 4) is 0 Å². The predicted molar refractivity (Wildman–Crippen MR) is 75.5 cm³/mol. The maximum absolute atomic E-state index is 5.69. The van der Waals surface area contributed by atoms with Crippen LogP contribution in [0.2, 0.25) is 0 Å². The number of thiocarbonyl (C=S) groups is 1. The van der Waals surface area contributed by atoms with Crippen LogP contribution in [0.1, 0.15) is 31.0 Å². The highest BCUT2D eigenvalue weighted by Crippen LogP contribution is 2.22. The number of rotatable bonds is 2. The van der Waals surface area contributed by atoms with Crippen LogP contribution in [0, 0.1) is 12.8 Å². The van der Waals surface area contributed by atoms with E-state index in [1.807, 2.05) is 19.1 Å². The molecule has 17 heavy (non-hydrogen) atoms. The van der Waals surface area contributed by atoms with Gasteiger partial charge in [0.05, 0.1) is 0 Å². The minimum Gasteiger partial charge on any atom is -0.389 e. The molecule has 1 aromatic rings. The van der Waals surface area contributed by atoms with Gasteiger partial charge < -0.3 is 10.6 Å². The first-order valence-corrected chi connectivity index (χ1v) is 6.50. The molecule has 92 valence electrons. The quantitative estimate of drug-likeness (QED) is 0.816. The lowest BCUT2D eigenvalue weighted by molar-refractivity contribution is 0.436. The van der Waals surface area contributed by atoms with Crippen LogP contribution in [0.3, 0.4) is 0 Å². The monoisotopic (exact) mass is 249 g/mol. The van der Waals surface area contributed by atoms with Gasteiger partial charge in [0.25, 0.3) is 0 Å². The second-order valence-electron chi connectivity index (χ2n) is 4.89. The Kier molecular flexibility index (Phi) is 3.62. The van der Waals surface area contributed by atoms with Crippen LogP contribution in [0.15, 0.2) is 12.1 Å². The first-order valence-electron chi connectivity index (χ1n) is 6.09. The normalized spacial score (nSPS) is 17.2. The summed E-state index contributed by atoms with van der Waals surface area (Å²) < 4.78 is 0. The molecule has 0 amide bonds. The number of hydrogen-bond acceptors (Lipinski definition) is 3. The van der Waals surface area contributed by atoms with Gasteiger partial charge in [-0.2, -0.15) is 0 Å². The molecule has 1 aliphatic heterocycles. The van der Waals surface area contributed by atoms with Gasteiger partial charge in [0, 0.05) is 24.3 Å². The minimum absolute atomic E-state index is 0.446. The average molecular weight is 249 g/mol. The highest BCUT2D eigenvalue weighted by Gasteiger charge is 2.17. The molecule has 0 aliphatic carbocycles. The van der Waals surface area contributed by atoms with Crippen LogP contribution in [0.4, 0.5) is 5.82 Å². The molecule has 0 atom stereocenters. The lowest BCUT2D eigenvalue weighted by Crippen LogP contribution is -2.33. The zero-order chi connectivity index (χ0) is 12.4. The third-order valence-electron chi connectivity index (χ3n) is 3.33. The van der Waals surface area contributed by atoms with Gasteiger partial charge in [-0.3, -0.25) is 0 Å². The summed E-state index contributed by atoms with van der Waals surface area (Å²) in [7, 11) is 0. The average Bonchev–Trinajstić information content (AvgIpc) is 2.29. The van der Waals surface area contributed by atoms with Crippen molar-refractivity contribution in [2.75, 3.05) is 18.0 Å². The van der Waals surface area contributed by atoms with E-state index in [1.165, 1.54) is 12.8 Å². The molecule has 2 heterocycles. The van der Waals surface area contributed by atoms with Crippen LogP contribution in [-0.2, 0) is 0 Å². The van der Waals surface area contributed by atoms with Gasteiger partial charge in [-0.05, 0) is 37.8 Å². The molecule has 0 unspecified atom stereocenters. The summed E-state index contributed by atoms with van der Waals surface area (Å²) in [6.45, 7) is 6.45. The molecule has 0 spiro atoms. The Labute approximate surface area is 108 Å². The summed E-state index contributed by atoms with van der Waals surface area (Å²) in [6, 6.07) is 3.95. The number of piperidine rings is 1. The maximum Gasteiger partial charge on any atom is 0.129 e. The van der Waals surface area contributed by atoms with Crippen LogP contribution < -0.4 is 10.6 Å². The highest BCUT2D eigenvalue weighted by molar-refractivity contribution is 7.80. The topological polar surface area (TPSA) is 42.1 Å². The van der Waals surface area contributed by atoms with Crippen LogP contribution in [-0.4, -0.2) is 23.1 Å². The molecule has 1 saturated heterocycles. The molecule has 2 N–H and O–H groups in total. The van der Waals surface area contributed by atoms with Gasteiger partial charge in [-0.25, -0.2) is 4.98 Å². The summed E-state index contributed by atoms with van der Waals surface area (Å²) in [5.41, 5.74) is 7.58. The Morgan fingerprint density at radius 1 is 1.41 bits per heavy atom. The van der Waals surface area contributed by atoms with E-state index in [4.69, 9.17) is 18.0 Å². The molecule has 0 saturated carbocycles. The second-order valence-corrected chi connectivity index (χ2v) is 5.33. The Balaban J connectivity index is 2.23. The number of hydrogen-bond donors (Lipinski definition) is 1. The van der Waals surface area contributed by atoms with E-state index in [1.54, 1.807) is 0 Å². The van der Waals surface area contributed by atoms with Crippen molar-refractivity contribution in [3.63, 3.8) is 0 Å². The fraction of sp³-hybridized carbons (Fsp3) is 0.538. The molecule has 0 aromatic carbocycles. The number of aromatic nitrogens is 1. The fourth-order valence-electron chi connectivity index (χ4n) is 2.19. The number of aryl methyl sites for hydroxylation is 1. The van der Waals surface area contributed by atoms with E-state index in [2.05, 4.69) is 16.8 Å². The Hall–Kier alpha value is -1.16. The molecule has 1 fully saturated rings. The predicted octanol–water partition coefficient (Wildman–Crippen LogP) is 2.26. The molecule has 3 nitrogen and oxygen atoms in total. The highest BCUT2D eigenvalue weighted by atomic mass is 32.1. The van der Waals surface area contributed by atoms with Crippen molar-refractivity contribution in [2.24, 2.45) is 11.7 Å². The second kappa shape index (κ2) is 5.00. The van der Waals surface area contributed by atoms with Crippen molar-refractivity contribution in [1.29, 1.82) is 0 Å². The summed E-state index contributed by atoms with van der Waals surface area (Å²) in [4.78, 5) is 7.35. The van der Waals surface area contributed by atoms with Crippen LogP contribution in [0.5, 0.6) is 0 Å². The molecule has 0 radical (unpaired) electrons. The maximum atomic E-state index is 5.69. The first-order chi connectivity index (χ1) is 8.06. The molecule has 1 aromatic heterocycles. The zero-order valence-electron chi connectivity index (χ0n) is 10.4. The lowest BCUT2D eigenvalue weighted by atomic mass is 9.99. The van der Waals surface area contributed by atoms with Gasteiger partial charge >= 0.3 is 0 Å². The Bertz CT molecular complexity index is 423. The summed E-state index contributed by atoms with van der Waals surface area (Å²) >= 11 is 5.03. The van der Waals surface area contributed by atoms with Crippen molar-refractivity contribution >= 4 is 23.0 Å². The summed E-state index contributed by atoms with van der Waals surface area (Å²) in [6.07, 6.45) is 2.47. The van der Waals surface area contributed by atoms with Crippen molar-refractivity contribution in [1.82, 2.24) is 4.98 Å². The van der Waals surface area contributed by atoms with Gasteiger partial charge in [-0.15, -0.1) is 0 Å². The number of nitrogens with zero attached hydrogens (tertiary/aromatic N) is 2. The summed E-state index contributed by atoms with van der Waals surface area (Å²) in [5.74, 6) is 1.84. The van der Waals surface area contributed by atoms with Crippen molar-refractivity contribution in [2.45, 2.75) is 26.7 Å². The van der Waals surface area contributed by atoms with E-state index >= 15 is 0 Å². The van der Waals surface area contributed by atoms with Crippen LogP contribution in [0.25, 0.3) is 0 Å². The van der Waals surface area contributed by atoms with E-state index < -0.39 is 0 Å². The molecule has 2 rings (SSSR count). The lowest BCUT2D eigenvalue weighted by Gasteiger charge is -2.31. The number of anilines is 1. The Morgan fingerprint density at radius 3 is 2.65 bits per heavy atom. The Morgan fingerprint density at radius 2 is 2.06 bits per heavy atom. The number of pyridine rings is 1. The smallest absolute Gasteiger partial charge is 0.129 e. The molecule has 4 heteroatoms. The van der Waals surface area contributed by atoms with Gasteiger partial charge in [0.1, 0.15) is 10.8 Å². The molecular weight excluding hydrogens is 230 g/mol. The van der Waals surface area contributed by atoms with E-state index in [0.717, 1.165) is 36.1 Å². The van der Waals surface area contributed by atoms with E-state index in [-0.39, 0.29) is 0 Å². The minimum atomic E-state index is 0.446. The third-order valence-corrected chi connectivity index (χ3v) is 3.57. The third kappa shape index (κ3) is 2.94. The van der Waals surface area contributed by atoms with Gasteiger partial charge in [0.15, 0.2) is 0 Å². The molecular formula is C13H19N3S. The zero-order valence-corrected chi connectivity index (χ0v) is 11.3. The van der Waals surface area contributed by atoms with Crippen molar-refractivity contribution < 1.29 is 0 Å². The van der Waals surface area contributed by atoms with E-state index in [0.29, 0.717) is 4.99 Å². The van der Waals surface area contributed by atoms with E-state index in [9.17, 15) is 0 Å². The molecule has 1 aliphatic rings. The number of nitrogens with two attached hydrogens (primary N) is 1.